The highest BCUT2D eigenvalue weighted by atomic mass is 19.4. The second-order valence-electron chi connectivity index (χ2n) is 4.46. The third-order valence-electron chi connectivity index (χ3n) is 2.91. The highest BCUT2D eigenvalue weighted by molar-refractivity contribution is 5.95. The van der Waals surface area contributed by atoms with Crippen LogP contribution >= 0.6 is 0 Å². The van der Waals surface area contributed by atoms with Crippen molar-refractivity contribution in [3.05, 3.63) is 35.7 Å². The summed E-state index contributed by atoms with van der Waals surface area (Å²) in [4.78, 5) is 22.0. The number of anilines is 1. The maximum Gasteiger partial charge on any atom is 0.471 e. The third-order valence-corrected chi connectivity index (χ3v) is 2.91. The lowest BCUT2D eigenvalue weighted by atomic mass is 10.2. The van der Waals surface area contributed by atoms with E-state index >= 15 is 0 Å². The zero-order chi connectivity index (χ0) is 17.2. The number of amides is 1. The van der Waals surface area contributed by atoms with Crippen LogP contribution in [0.15, 0.2) is 24.3 Å². The van der Waals surface area contributed by atoms with Crippen molar-refractivity contribution < 1.29 is 27.9 Å². The van der Waals surface area contributed by atoms with Gasteiger partial charge < -0.3 is 10.4 Å². The minimum absolute atomic E-state index is 0.0979. The van der Waals surface area contributed by atoms with Crippen molar-refractivity contribution in [2.45, 2.75) is 19.5 Å². The Hall–Kier alpha value is -2.91. The summed E-state index contributed by atoms with van der Waals surface area (Å²) in [7, 11) is 0. The Morgan fingerprint density at radius 2 is 2.04 bits per heavy atom. The molecule has 0 aliphatic heterocycles. The van der Waals surface area contributed by atoms with E-state index in [1.54, 1.807) is 12.2 Å². The summed E-state index contributed by atoms with van der Waals surface area (Å²) in [5.74, 6) is -3.36. The Kier molecular flexibility index (Phi) is 4.34. The molecule has 2 aromatic rings. The van der Waals surface area contributed by atoms with Gasteiger partial charge in [0.15, 0.2) is 5.69 Å². The first-order chi connectivity index (χ1) is 10.7. The van der Waals surface area contributed by atoms with E-state index in [0.29, 0.717) is 6.42 Å². The van der Waals surface area contributed by atoms with Crippen LogP contribution in [0.1, 0.15) is 23.1 Å². The maximum atomic E-state index is 12.3. The van der Waals surface area contributed by atoms with Crippen LogP contribution < -0.4 is 5.32 Å². The van der Waals surface area contributed by atoms with Crippen molar-refractivity contribution in [2.24, 2.45) is 0 Å². The molecule has 23 heavy (non-hydrogen) atoms. The number of aromatic nitrogens is 3. The lowest BCUT2D eigenvalue weighted by molar-refractivity contribution is -0.167. The first-order valence-electron chi connectivity index (χ1n) is 6.40. The van der Waals surface area contributed by atoms with Gasteiger partial charge in [0.1, 0.15) is 0 Å². The Labute approximate surface area is 127 Å². The van der Waals surface area contributed by atoms with Crippen molar-refractivity contribution in [1.82, 2.24) is 15.0 Å². The molecule has 2 rings (SSSR count). The van der Waals surface area contributed by atoms with Gasteiger partial charge in [-0.05, 0) is 24.6 Å². The Bertz CT molecular complexity index is 755. The lowest BCUT2D eigenvalue weighted by Gasteiger charge is -2.10. The lowest BCUT2D eigenvalue weighted by Crippen LogP contribution is -2.29. The molecule has 0 bridgehead atoms. The highest BCUT2D eigenvalue weighted by Gasteiger charge is 2.38. The highest BCUT2D eigenvalue weighted by Crippen LogP contribution is 2.21. The number of carbonyl (C=O) groups is 2. The zero-order valence-electron chi connectivity index (χ0n) is 11.8. The minimum Gasteiger partial charge on any atom is -0.476 e. The van der Waals surface area contributed by atoms with Gasteiger partial charge in [0, 0.05) is 5.69 Å². The summed E-state index contributed by atoms with van der Waals surface area (Å²) >= 11 is 0. The molecule has 0 aliphatic rings. The van der Waals surface area contributed by atoms with Crippen LogP contribution in [0.2, 0.25) is 0 Å². The van der Waals surface area contributed by atoms with Crippen molar-refractivity contribution in [3.8, 4) is 5.69 Å². The molecule has 0 fully saturated rings. The van der Waals surface area contributed by atoms with Crippen molar-refractivity contribution in [2.75, 3.05) is 5.32 Å². The summed E-state index contributed by atoms with van der Waals surface area (Å²) in [5.41, 5.74) is 0.232. The normalized spacial score (nSPS) is 11.3. The van der Waals surface area contributed by atoms with Crippen LogP contribution in [0.4, 0.5) is 18.9 Å². The molecule has 0 saturated heterocycles. The first-order valence-corrected chi connectivity index (χ1v) is 6.40. The van der Waals surface area contributed by atoms with Gasteiger partial charge in [-0.3, -0.25) is 4.79 Å². The number of halogens is 3. The molecule has 0 spiro atoms. The smallest absolute Gasteiger partial charge is 0.471 e. The predicted molar refractivity (Wildman–Crippen MR) is 72.4 cm³/mol. The van der Waals surface area contributed by atoms with E-state index in [1.807, 2.05) is 0 Å². The van der Waals surface area contributed by atoms with Gasteiger partial charge >= 0.3 is 18.1 Å². The molecule has 0 radical (unpaired) electrons. The fraction of sp³-hybridized carbons (Fsp3) is 0.231. The second-order valence-corrected chi connectivity index (χ2v) is 4.46. The minimum atomic E-state index is -5.01. The molecular weight excluding hydrogens is 317 g/mol. The molecule has 122 valence electrons. The monoisotopic (exact) mass is 328 g/mol. The summed E-state index contributed by atoms with van der Waals surface area (Å²) in [6, 6.07) is 5.42. The van der Waals surface area contributed by atoms with Crippen LogP contribution in [0.25, 0.3) is 5.69 Å². The van der Waals surface area contributed by atoms with Crippen molar-refractivity contribution in [3.63, 3.8) is 0 Å². The summed E-state index contributed by atoms with van der Waals surface area (Å²) in [6.07, 6.45) is -4.71. The topological polar surface area (TPSA) is 97.1 Å². The van der Waals surface area contributed by atoms with Crippen LogP contribution in [-0.2, 0) is 11.2 Å². The largest absolute Gasteiger partial charge is 0.476 e. The average Bonchev–Trinajstić information content (AvgIpc) is 2.90. The van der Waals surface area contributed by atoms with Crippen LogP contribution in [0.3, 0.4) is 0 Å². The van der Waals surface area contributed by atoms with Gasteiger partial charge in [0.25, 0.3) is 0 Å². The van der Waals surface area contributed by atoms with Crippen LogP contribution in [0, 0.1) is 0 Å². The quantitative estimate of drug-likeness (QED) is 0.895. The number of nitrogens with zero attached hydrogens (tertiary/aromatic N) is 3. The number of aromatic carboxylic acids is 1. The molecule has 10 heteroatoms. The number of benzene rings is 1. The molecule has 7 nitrogen and oxygen atoms in total. The SMILES string of the molecule is CCc1c(C(=O)O)nnn1-c1cccc(NC(=O)C(F)(F)F)c1. The third kappa shape index (κ3) is 3.47. The molecule has 1 heterocycles. The second kappa shape index (κ2) is 6.07. The Morgan fingerprint density at radius 1 is 1.35 bits per heavy atom. The molecule has 0 unspecified atom stereocenters. The van der Waals surface area contributed by atoms with Crippen LogP contribution in [-0.4, -0.2) is 38.2 Å². The number of alkyl halides is 3. The van der Waals surface area contributed by atoms with E-state index in [0.717, 1.165) is 0 Å². The predicted octanol–water partition coefficient (Wildman–Crippen LogP) is 2.03. The summed E-state index contributed by atoms with van der Waals surface area (Å²) in [5, 5.41) is 18.0. The number of carboxylic acid groups (broad SMARTS) is 1. The maximum absolute atomic E-state index is 12.3. The molecular formula is C13H11F3N4O3. The Balaban J connectivity index is 2.37. The molecule has 0 aliphatic carbocycles. The molecule has 2 N–H and O–H groups in total. The molecule has 0 saturated carbocycles. The summed E-state index contributed by atoms with van der Waals surface area (Å²) in [6.45, 7) is 1.69. The number of nitrogens with one attached hydrogen (secondary N) is 1. The standard InChI is InChI=1S/C13H11F3N4O3/c1-2-9-10(11(21)22)18-19-20(9)8-5-3-4-7(6-8)17-12(23)13(14,15)16/h3-6H,2H2,1H3,(H,17,23)(H,21,22). The zero-order valence-corrected chi connectivity index (χ0v) is 11.8. The van der Waals surface area contributed by atoms with Gasteiger partial charge in [0.2, 0.25) is 0 Å². The first kappa shape index (κ1) is 16.5. The van der Waals surface area contributed by atoms with Crippen molar-refractivity contribution in [1.29, 1.82) is 0 Å². The molecule has 0 atom stereocenters. The van der Waals surface area contributed by atoms with Gasteiger partial charge in [-0.2, -0.15) is 13.2 Å². The number of rotatable bonds is 4. The van der Waals surface area contributed by atoms with Crippen molar-refractivity contribution >= 4 is 17.6 Å². The van der Waals surface area contributed by atoms with Gasteiger partial charge in [-0.1, -0.05) is 18.2 Å². The number of hydrogen-bond acceptors (Lipinski definition) is 4. The number of hydrogen-bond donors (Lipinski definition) is 2. The van der Waals surface area contributed by atoms with E-state index in [2.05, 4.69) is 10.3 Å². The molecule has 1 aromatic heterocycles. The Morgan fingerprint density at radius 3 is 2.61 bits per heavy atom. The molecule has 1 amide bonds. The average molecular weight is 328 g/mol. The van der Waals surface area contributed by atoms with Gasteiger partial charge in [-0.15, -0.1) is 5.10 Å². The van der Waals surface area contributed by atoms with E-state index in [-0.39, 0.29) is 22.8 Å². The van der Waals surface area contributed by atoms with Crippen LogP contribution in [0.5, 0.6) is 0 Å². The molecule has 1 aromatic carbocycles. The fourth-order valence-electron chi connectivity index (χ4n) is 1.91. The van der Waals surface area contributed by atoms with E-state index in [9.17, 15) is 22.8 Å². The summed E-state index contributed by atoms with van der Waals surface area (Å²) < 4.78 is 38.0. The van der Waals surface area contributed by atoms with E-state index in [4.69, 9.17) is 5.11 Å². The van der Waals surface area contributed by atoms with E-state index < -0.39 is 18.1 Å². The number of carboxylic acids is 1. The van der Waals surface area contributed by atoms with Gasteiger partial charge in [0.05, 0.1) is 11.4 Å². The van der Waals surface area contributed by atoms with Gasteiger partial charge in [-0.25, -0.2) is 9.48 Å². The fourth-order valence-corrected chi connectivity index (χ4v) is 1.91. The van der Waals surface area contributed by atoms with E-state index in [1.165, 1.54) is 28.9 Å². The number of carbonyl (C=O) groups excluding carboxylic acids is 1.